The maximum Gasteiger partial charge on any atom is 0.331 e. The Morgan fingerprint density at radius 1 is 1.35 bits per heavy atom. The molecule has 0 heterocycles. The van der Waals surface area contributed by atoms with Crippen molar-refractivity contribution in [3.63, 3.8) is 0 Å². The molecular formula is C16H23NO2S. The minimum Gasteiger partial charge on any atom is -0.464 e. The third kappa shape index (κ3) is 3.55. The molecule has 2 rings (SSSR count). The van der Waals surface area contributed by atoms with Crippen molar-refractivity contribution < 1.29 is 9.53 Å². The average Bonchev–Trinajstić information content (AvgIpc) is 3.28. The number of hydrogen-bond acceptors (Lipinski definition) is 4. The number of benzene rings is 1. The van der Waals surface area contributed by atoms with Crippen molar-refractivity contribution in [2.75, 3.05) is 18.1 Å². The van der Waals surface area contributed by atoms with Crippen LogP contribution in [0.4, 0.5) is 0 Å². The van der Waals surface area contributed by atoms with E-state index in [1.807, 2.05) is 37.3 Å². The van der Waals surface area contributed by atoms with Gasteiger partial charge in [0.1, 0.15) is 0 Å². The summed E-state index contributed by atoms with van der Waals surface area (Å²) in [5, 5.41) is 3.54. The van der Waals surface area contributed by atoms with Crippen LogP contribution in [0.2, 0.25) is 0 Å². The Hall–Kier alpha value is -1.00. The van der Waals surface area contributed by atoms with E-state index >= 15 is 0 Å². The number of thioether (sulfide) groups is 1. The molecule has 4 heteroatoms. The molecule has 0 bridgehead atoms. The fraction of sp³-hybridized carbons (Fsp3) is 0.562. The fourth-order valence-electron chi connectivity index (χ4n) is 2.25. The molecule has 20 heavy (non-hydrogen) atoms. The molecule has 1 aliphatic rings. The van der Waals surface area contributed by atoms with Crippen LogP contribution in [0, 0.1) is 0 Å². The zero-order valence-electron chi connectivity index (χ0n) is 12.2. The Morgan fingerprint density at radius 2 is 2.05 bits per heavy atom. The highest BCUT2D eigenvalue weighted by Crippen LogP contribution is 2.32. The molecule has 110 valence electrons. The predicted molar refractivity (Wildman–Crippen MR) is 83.9 cm³/mol. The van der Waals surface area contributed by atoms with E-state index in [1.54, 1.807) is 11.8 Å². The number of esters is 1. The Balaban J connectivity index is 2.33. The smallest absolute Gasteiger partial charge is 0.331 e. The monoisotopic (exact) mass is 293 g/mol. The molecule has 1 N–H and O–H groups in total. The number of ether oxygens (including phenoxy) is 1. The van der Waals surface area contributed by atoms with Crippen molar-refractivity contribution in [3.05, 3.63) is 35.9 Å². The van der Waals surface area contributed by atoms with Gasteiger partial charge in [-0.05, 0) is 31.1 Å². The number of nitrogens with one attached hydrogen (secondary N) is 1. The zero-order chi connectivity index (χ0) is 14.4. The summed E-state index contributed by atoms with van der Waals surface area (Å²) >= 11 is 1.77. The molecule has 0 amide bonds. The first-order valence-electron chi connectivity index (χ1n) is 7.31. The summed E-state index contributed by atoms with van der Waals surface area (Å²) < 4.78 is 5.37. The van der Waals surface area contributed by atoms with Crippen LogP contribution in [-0.4, -0.2) is 30.1 Å². The third-order valence-electron chi connectivity index (χ3n) is 3.44. The maximum atomic E-state index is 12.6. The Kier molecular flexibility index (Phi) is 5.49. The lowest BCUT2D eigenvalue weighted by Crippen LogP contribution is -2.53. The highest BCUT2D eigenvalue weighted by Gasteiger charge is 2.45. The molecule has 1 unspecified atom stereocenters. The average molecular weight is 293 g/mol. The summed E-state index contributed by atoms with van der Waals surface area (Å²) in [6.45, 7) is 4.39. The quantitative estimate of drug-likeness (QED) is 0.748. The zero-order valence-corrected chi connectivity index (χ0v) is 13.0. The standard InChI is InChI=1S/C16H23NO2S/c1-3-19-15(18)16(12-20-4-2,17-14-10-11-14)13-8-6-5-7-9-13/h5-9,14,17H,3-4,10-12H2,1-2H3. The first-order valence-corrected chi connectivity index (χ1v) is 8.46. The van der Waals surface area contributed by atoms with Crippen LogP contribution in [0.5, 0.6) is 0 Å². The SMILES string of the molecule is CCOC(=O)C(CSCC)(NC1CC1)c1ccccc1. The number of carbonyl (C=O) groups excluding carboxylic acids is 1. The summed E-state index contributed by atoms with van der Waals surface area (Å²) in [6.07, 6.45) is 2.29. The van der Waals surface area contributed by atoms with Crippen LogP contribution in [0.15, 0.2) is 30.3 Å². The summed E-state index contributed by atoms with van der Waals surface area (Å²) in [5.41, 5.74) is 0.297. The lowest BCUT2D eigenvalue weighted by molar-refractivity contribution is -0.150. The van der Waals surface area contributed by atoms with E-state index in [0.29, 0.717) is 18.4 Å². The van der Waals surface area contributed by atoms with Gasteiger partial charge in [0.15, 0.2) is 5.54 Å². The van der Waals surface area contributed by atoms with Gasteiger partial charge in [-0.1, -0.05) is 37.3 Å². The Labute approximate surface area is 125 Å². The molecule has 0 aromatic heterocycles. The summed E-state index contributed by atoms with van der Waals surface area (Å²) in [5.74, 6) is 1.54. The van der Waals surface area contributed by atoms with Gasteiger partial charge in [-0.15, -0.1) is 0 Å². The van der Waals surface area contributed by atoms with Crippen molar-refractivity contribution in [2.45, 2.75) is 38.3 Å². The molecule has 1 aromatic rings. The number of carbonyl (C=O) groups is 1. The van der Waals surface area contributed by atoms with Gasteiger partial charge in [0.05, 0.1) is 6.61 Å². The minimum atomic E-state index is -0.709. The molecule has 0 aliphatic heterocycles. The maximum absolute atomic E-state index is 12.6. The number of rotatable bonds is 8. The highest BCUT2D eigenvalue weighted by atomic mass is 32.2. The molecule has 1 aliphatic carbocycles. The van der Waals surface area contributed by atoms with Gasteiger partial charge in [-0.2, -0.15) is 11.8 Å². The van der Waals surface area contributed by atoms with Crippen LogP contribution < -0.4 is 5.32 Å². The van der Waals surface area contributed by atoms with Crippen molar-refractivity contribution >= 4 is 17.7 Å². The highest BCUT2D eigenvalue weighted by molar-refractivity contribution is 7.99. The minimum absolute atomic E-state index is 0.154. The van der Waals surface area contributed by atoms with Crippen LogP contribution in [0.3, 0.4) is 0 Å². The number of hydrogen-bond donors (Lipinski definition) is 1. The fourth-order valence-corrected chi connectivity index (χ4v) is 3.13. The van der Waals surface area contributed by atoms with E-state index < -0.39 is 5.54 Å². The van der Waals surface area contributed by atoms with E-state index in [2.05, 4.69) is 12.2 Å². The molecule has 0 spiro atoms. The molecule has 3 nitrogen and oxygen atoms in total. The van der Waals surface area contributed by atoms with Crippen molar-refractivity contribution in [3.8, 4) is 0 Å². The lowest BCUT2D eigenvalue weighted by atomic mass is 9.91. The molecule has 1 atom stereocenters. The third-order valence-corrected chi connectivity index (χ3v) is 4.49. The van der Waals surface area contributed by atoms with Crippen LogP contribution in [0.25, 0.3) is 0 Å². The van der Waals surface area contributed by atoms with Crippen LogP contribution in [-0.2, 0) is 15.1 Å². The molecule has 1 saturated carbocycles. The second kappa shape index (κ2) is 7.14. The van der Waals surface area contributed by atoms with Crippen molar-refractivity contribution in [1.29, 1.82) is 0 Å². The molecule has 0 saturated heterocycles. The van der Waals surface area contributed by atoms with Gasteiger partial charge < -0.3 is 4.74 Å². The summed E-state index contributed by atoms with van der Waals surface area (Å²) in [6, 6.07) is 10.4. The van der Waals surface area contributed by atoms with Crippen molar-refractivity contribution in [1.82, 2.24) is 5.32 Å². The van der Waals surface area contributed by atoms with Gasteiger partial charge >= 0.3 is 5.97 Å². The Morgan fingerprint density at radius 3 is 2.60 bits per heavy atom. The molecule has 1 fully saturated rings. The van der Waals surface area contributed by atoms with Gasteiger partial charge in [0.25, 0.3) is 0 Å². The van der Waals surface area contributed by atoms with E-state index in [1.165, 1.54) is 0 Å². The van der Waals surface area contributed by atoms with E-state index in [4.69, 9.17) is 4.74 Å². The summed E-state index contributed by atoms with van der Waals surface area (Å²) in [7, 11) is 0. The van der Waals surface area contributed by atoms with Gasteiger partial charge in [-0.3, -0.25) is 5.32 Å². The molecule has 0 radical (unpaired) electrons. The van der Waals surface area contributed by atoms with Crippen LogP contribution in [0.1, 0.15) is 32.3 Å². The predicted octanol–water partition coefficient (Wildman–Crippen LogP) is 2.95. The van der Waals surface area contributed by atoms with E-state index in [0.717, 1.165) is 24.2 Å². The van der Waals surface area contributed by atoms with E-state index in [-0.39, 0.29) is 5.97 Å². The van der Waals surface area contributed by atoms with Gasteiger partial charge in [0.2, 0.25) is 0 Å². The largest absolute Gasteiger partial charge is 0.464 e. The van der Waals surface area contributed by atoms with Gasteiger partial charge in [0, 0.05) is 11.8 Å². The van der Waals surface area contributed by atoms with Crippen LogP contribution >= 0.6 is 11.8 Å². The summed E-state index contributed by atoms with van der Waals surface area (Å²) in [4.78, 5) is 12.6. The Bertz CT molecular complexity index is 433. The molecular weight excluding hydrogens is 270 g/mol. The van der Waals surface area contributed by atoms with E-state index in [9.17, 15) is 4.79 Å². The van der Waals surface area contributed by atoms with Gasteiger partial charge in [-0.25, -0.2) is 4.79 Å². The second-order valence-electron chi connectivity index (χ2n) is 5.05. The first kappa shape index (κ1) is 15.4. The lowest BCUT2D eigenvalue weighted by Gasteiger charge is -2.33. The second-order valence-corrected chi connectivity index (χ2v) is 6.32. The topological polar surface area (TPSA) is 38.3 Å². The van der Waals surface area contributed by atoms with Crippen molar-refractivity contribution in [2.24, 2.45) is 0 Å². The molecule has 1 aromatic carbocycles. The first-order chi connectivity index (χ1) is 9.73. The normalized spacial score (nSPS) is 17.5.